The maximum absolute atomic E-state index is 13.5. The maximum atomic E-state index is 13.5. The second kappa shape index (κ2) is 8.22. The normalized spacial score (nSPS) is 16.9. The number of nitrogens with zero attached hydrogens (tertiary/aromatic N) is 3. The van der Waals surface area contributed by atoms with Crippen LogP contribution in [0.5, 0.6) is 0 Å². The van der Waals surface area contributed by atoms with Gasteiger partial charge in [0.15, 0.2) is 0 Å². The third-order valence-corrected chi connectivity index (χ3v) is 6.95. The molecule has 0 N–H and O–H groups in total. The highest BCUT2D eigenvalue weighted by molar-refractivity contribution is 7.17. The van der Waals surface area contributed by atoms with Gasteiger partial charge in [-0.15, -0.1) is 11.3 Å². The Morgan fingerprint density at radius 2 is 1.97 bits per heavy atom. The van der Waals surface area contributed by atoms with E-state index in [-0.39, 0.29) is 24.1 Å². The monoisotopic (exact) mass is 425 g/mol. The SMILES string of the molecule is CC[C@@H]1CCCCN1C(=O)Cn1c(=O)n(-c2ccc(C)cc2C)c(=O)c2sccc21. The molecule has 30 heavy (non-hydrogen) atoms. The molecule has 3 aromatic rings. The van der Waals surface area contributed by atoms with Crippen molar-refractivity contribution in [3.8, 4) is 5.69 Å². The summed E-state index contributed by atoms with van der Waals surface area (Å²) in [6.07, 6.45) is 4.05. The number of hydrogen-bond donors (Lipinski definition) is 0. The summed E-state index contributed by atoms with van der Waals surface area (Å²) in [7, 11) is 0. The number of rotatable bonds is 4. The molecule has 0 bridgehead atoms. The molecule has 0 aliphatic carbocycles. The highest BCUT2D eigenvalue weighted by Gasteiger charge is 2.27. The number of thiophene rings is 1. The van der Waals surface area contributed by atoms with Crippen molar-refractivity contribution in [2.75, 3.05) is 6.54 Å². The molecule has 1 aromatic carbocycles. The molecule has 0 radical (unpaired) electrons. The number of piperidine rings is 1. The first-order valence-electron chi connectivity index (χ1n) is 10.5. The Hall–Kier alpha value is -2.67. The zero-order chi connectivity index (χ0) is 21.4. The summed E-state index contributed by atoms with van der Waals surface area (Å²) in [5.74, 6) is -0.0537. The molecule has 1 aliphatic rings. The standard InChI is InChI=1S/C23H27N3O3S/c1-4-17-7-5-6-11-24(17)20(27)14-25-19-10-12-30-21(19)22(28)26(23(25)29)18-9-8-15(2)13-16(18)3/h8-10,12-13,17H,4-7,11,14H2,1-3H3/t17-/m1/s1. The lowest BCUT2D eigenvalue weighted by molar-refractivity contribution is -0.135. The van der Waals surface area contributed by atoms with Crippen molar-refractivity contribution in [3.05, 3.63) is 61.6 Å². The summed E-state index contributed by atoms with van der Waals surface area (Å²) in [6, 6.07) is 7.63. The Labute approximate surface area is 179 Å². The van der Waals surface area contributed by atoms with E-state index in [9.17, 15) is 14.4 Å². The second-order valence-electron chi connectivity index (χ2n) is 8.08. The number of carbonyl (C=O) groups is 1. The van der Waals surface area contributed by atoms with Crippen LogP contribution in [0.1, 0.15) is 43.7 Å². The number of fused-ring (bicyclic) bond motifs is 1. The van der Waals surface area contributed by atoms with Crippen molar-refractivity contribution in [3.63, 3.8) is 0 Å². The van der Waals surface area contributed by atoms with Gasteiger partial charge in [0.2, 0.25) is 5.91 Å². The van der Waals surface area contributed by atoms with E-state index in [1.165, 1.54) is 20.5 Å². The summed E-state index contributed by atoms with van der Waals surface area (Å²) in [5, 5.41) is 1.80. The largest absolute Gasteiger partial charge is 0.338 e. The van der Waals surface area contributed by atoms with Gasteiger partial charge in [-0.25, -0.2) is 9.36 Å². The van der Waals surface area contributed by atoms with Gasteiger partial charge in [-0.3, -0.25) is 14.2 Å². The highest BCUT2D eigenvalue weighted by Crippen LogP contribution is 2.22. The van der Waals surface area contributed by atoms with E-state index in [0.717, 1.165) is 43.4 Å². The third-order valence-electron chi connectivity index (χ3n) is 6.06. The zero-order valence-corrected chi connectivity index (χ0v) is 18.5. The predicted molar refractivity (Wildman–Crippen MR) is 121 cm³/mol. The van der Waals surface area contributed by atoms with E-state index < -0.39 is 5.69 Å². The second-order valence-corrected chi connectivity index (χ2v) is 9.00. The lowest BCUT2D eigenvalue weighted by Crippen LogP contribution is -2.47. The minimum Gasteiger partial charge on any atom is -0.338 e. The molecule has 1 aliphatic heterocycles. The fraction of sp³-hybridized carbons (Fsp3) is 0.435. The van der Waals surface area contributed by atoms with Crippen LogP contribution in [0.15, 0.2) is 39.2 Å². The number of aromatic nitrogens is 2. The molecule has 2 aromatic heterocycles. The molecular formula is C23H27N3O3S. The molecule has 6 nitrogen and oxygen atoms in total. The Bertz CT molecular complexity index is 1220. The Balaban J connectivity index is 1.84. The zero-order valence-electron chi connectivity index (χ0n) is 17.7. The summed E-state index contributed by atoms with van der Waals surface area (Å²) < 4.78 is 3.18. The van der Waals surface area contributed by atoms with E-state index in [4.69, 9.17) is 0 Å². The van der Waals surface area contributed by atoms with E-state index in [2.05, 4.69) is 6.92 Å². The number of hydrogen-bond acceptors (Lipinski definition) is 4. The van der Waals surface area contributed by atoms with Gasteiger partial charge in [-0.05, 0) is 62.6 Å². The average Bonchev–Trinajstić information content (AvgIpc) is 3.22. The van der Waals surface area contributed by atoms with Crippen LogP contribution >= 0.6 is 11.3 Å². The van der Waals surface area contributed by atoms with Gasteiger partial charge in [0.1, 0.15) is 11.2 Å². The molecule has 1 atom stereocenters. The van der Waals surface area contributed by atoms with Crippen molar-refractivity contribution in [2.24, 2.45) is 0 Å². The average molecular weight is 426 g/mol. The number of likely N-dealkylation sites (tertiary alicyclic amines) is 1. The van der Waals surface area contributed by atoms with Gasteiger partial charge in [0.05, 0.1) is 11.2 Å². The van der Waals surface area contributed by atoms with Gasteiger partial charge in [0.25, 0.3) is 5.56 Å². The Morgan fingerprint density at radius 3 is 2.70 bits per heavy atom. The maximum Gasteiger partial charge on any atom is 0.336 e. The molecule has 1 fully saturated rings. The minimum atomic E-state index is -0.462. The molecule has 4 rings (SSSR count). The van der Waals surface area contributed by atoms with Gasteiger partial charge in [-0.1, -0.05) is 24.6 Å². The molecule has 0 unspecified atom stereocenters. The van der Waals surface area contributed by atoms with Gasteiger partial charge >= 0.3 is 5.69 Å². The first kappa shape index (κ1) is 20.6. The number of carbonyl (C=O) groups excluding carboxylic acids is 1. The van der Waals surface area contributed by atoms with Crippen molar-refractivity contribution >= 4 is 27.5 Å². The molecule has 0 spiro atoms. The van der Waals surface area contributed by atoms with E-state index in [1.54, 1.807) is 17.5 Å². The van der Waals surface area contributed by atoms with Crippen LogP contribution in [0, 0.1) is 13.8 Å². The van der Waals surface area contributed by atoms with Crippen LogP contribution in [0.3, 0.4) is 0 Å². The molecular weight excluding hydrogens is 398 g/mol. The highest BCUT2D eigenvalue weighted by atomic mass is 32.1. The number of aryl methyl sites for hydroxylation is 2. The van der Waals surface area contributed by atoms with Crippen molar-refractivity contribution in [1.29, 1.82) is 0 Å². The minimum absolute atomic E-state index is 0.0479. The number of amides is 1. The molecule has 0 saturated carbocycles. The van der Waals surface area contributed by atoms with E-state index in [1.807, 2.05) is 30.9 Å². The van der Waals surface area contributed by atoms with Crippen LogP contribution < -0.4 is 11.2 Å². The topological polar surface area (TPSA) is 64.3 Å². The predicted octanol–water partition coefficient (Wildman–Crippen LogP) is 3.62. The van der Waals surface area contributed by atoms with Crippen LogP contribution in [0.4, 0.5) is 0 Å². The molecule has 158 valence electrons. The number of benzene rings is 1. The van der Waals surface area contributed by atoms with Crippen molar-refractivity contribution in [1.82, 2.24) is 14.0 Å². The lowest BCUT2D eigenvalue weighted by atomic mass is 10.00. The van der Waals surface area contributed by atoms with Crippen molar-refractivity contribution < 1.29 is 4.79 Å². The summed E-state index contributed by atoms with van der Waals surface area (Å²) in [6.45, 7) is 6.65. The van der Waals surface area contributed by atoms with E-state index in [0.29, 0.717) is 15.9 Å². The fourth-order valence-electron chi connectivity index (χ4n) is 4.49. The molecule has 3 heterocycles. The van der Waals surface area contributed by atoms with Crippen LogP contribution in [0.2, 0.25) is 0 Å². The first-order valence-corrected chi connectivity index (χ1v) is 11.4. The lowest BCUT2D eigenvalue weighted by Gasteiger charge is -2.35. The molecule has 1 amide bonds. The summed E-state index contributed by atoms with van der Waals surface area (Å²) in [5.41, 5.74) is 2.23. The Kier molecular flexibility index (Phi) is 5.64. The fourth-order valence-corrected chi connectivity index (χ4v) is 5.31. The summed E-state index contributed by atoms with van der Waals surface area (Å²) in [4.78, 5) is 41.7. The van der Waals surface area contributed by atoms with Crippen LogP contribution in [-0.4, -0.2) is 32.5 Å². The molecule has 1 saturated heterocycles. The van der Waals surface area contributed by atoms with Gasteiger partial charge in [0, 0.05) is 12.6 Å². The first-order chi connectivity index (χ1) is 14.4. The third kappa shape index (κ3) is 3.51. The summed E-state index contributed by atoms with van der Waals surface area (Å²) >= 11 is 1.30. The van der Waals surface area contributed by atoms with Gasteiger partial charge in [-0.2, -0.15) is 0 Å². The van der Waals surface area contributed by atoms with Crippen molar-refractivity contribution in [2.45, 2.75) is 59.0 Å². The Morgan fingerprint density at radius 1 is 1.17 bits per heavy atom. The van der Waals surface area contributed by atoms with Crippen LogP contribution in [0.25, 0.3) is 15.9 Å². The molecule has 7 heteroatoms. The van der Waals surface area contributed by atoms with Crippen LogP contribution in [-0.2, 0) is 11.3 Å². The van der Waals surface area contributed by atoms with E-state index >= 15 is 0 Å². The van der Waals surface area contributed by atoms with Gasteiger partial charge < -0.3 is 4.90 Å². The quantitative estimate of drug-likeness (QED) is 0.641. The smallest absolute Gasteiger partial charge is 0.336 e.